The van der Waals surface area contributed by atoms with Crippen LogP contribution in [0, 0.1) is 5.41 Å². The molecule has 0 aliphatic carbocycles. The Hall–Kier alpha value is -1.17. The number of β-amino-alcohol motifs (C(OH)–C–C–N with tert-alkyl or cyclic N) is 1. The first-order valence-electron chi connectivity index (χ1n) is 7.22. The number of halogens is 1. The van der Waals surface area contributed by atoms with Crippen LogP contribution >= 0.6 is 11.6 Å². The van der Waals surface area contributed by atoms with Crippen molar-refractivity contribution in [2.45, 2.75) is 32.3 Å². The molecular formula is C15H21ClN2O3. The van der Waals surface area contributed by atoms with Crippen molar-refractivity contribution < 1.29 is 15.0 Å². The van der Waals surface area contributed by atoms with Gasteiger partial charge in [0.15, 0.2) is 0 Å². The number of likely N-dealkylation sites (tertiary alicyclic amines) is 1. The van der Waals surface area contributed by atoms with Gasteiger partial charge in [0.1, 0.15) is 0 Å². The van der Waals surface area contributed by atoms with Crippen molar-refractivity contribution >= 4 is 17.5 Å². The minimum absolute atomic E-state index is 0.0555. The summed E-state index contributed by atoms with van der Waals surface area (Å²) < 4.78 is 0. The molecule has 1 amide bonds. The predicted octanol–water partition coefficient (Wildman–Crippen LogP) is 1.72. The van der Waals surface area contributed by atoms with Gasteiger partial charge in [-0.15, -0.1) is 0 Å². The van der Waals surface area contributed by atoms with Gasteiger partial charge in [-0.05, 0) is 18.9 Å². The first kappa shape index (κ1) is 16.2. The van der Waals surface area contributed by atoms with Crippen LogP contribution in [0.15, 0.2) is 18.5 Å². The van der Waals surface area contributed by atoms with Gasteiger partial charge in [0, 0.05) is 30.9 Å². The maximum Gasteiger partial charge on any atom is 0.255 e. The first-order valence-corrected chi connectivity index (χ1v) is 7.59. The number of piperidine rings is 1. The van der Waals surface area contributed by atoms with Gasteiger partial charge in [0.25, 0.3) is 5.91 Å². The summed E-state index contributed by atoms with van der Waals surface area (Å²) in [5, 5.41) is 20.3. The molecule has 0 radical (unpaired) electrons. The number of aliphatic hydroxyl groups excluding tert-OH is 2. The SMILES string of the molecule is CCC[C@]1(CO)CCN(C(=O)c2ccncc2Cl)C[C@H]1O. The Bertz CT molecular complexity index is 511. The zero-order chi connectivity index (χ0) is 15.5. The third kappa shape index (κ3) is 3.20. The maximum atomic E-state index is 12.5. The van der Waals surface area contributed by atoms with E-state index in [0.717, 1.165) is 12.8 Å². The normalized spacial score (nSPS) is 25.9. The van der Waals surface area contributed by atoms with Crippen LogP contribution < -0.4 is 0 Å². The van der Waals surface area contributed by atoms with E-state index >= 15 is 0 Å². The van der Waals surface area contributed by atoms with Crippen LogP contribution in [0.2, 0.25) is 5.02 Å². The van der Waals surface area contributed by atoms with E-state index in [1.807, 2.05) is 6.92 Å². The van der Waals surface area contributed by atoms with E-state index in [0.29, 0.717) is 23.6 Å². The average Bonchev–Trinajstić information content (AvgIpc) is 2.49. The highest BCUT2D eigenvalue weighted by molar-refractivity contribution is 6.33. The van der Waals surface area contributed by atoms with Crippen molar-refractivity contribution in [3.8, 4) is 0 Å². The van der Waals surface area contributed by atoms with Gasteiger partial charge >= 0.3 is 0 Å². The fourth-order valence-electron chi connectivity index (χ4n) is 2.97. The number of carbonyl (C=O) groups excluding carboxylic acids is 1. The van der Waals surface area contributed by atoms with Gasteiger partial charge in [-0.3, -0.25) is 9.78 Å². The van der Waals surface area contributed by atoms with E-state index in [4.69, 9.17) is 11.6 Å². The van der Waals surface area contributed by atoms with Crippen LogP contribution in [0.3, 0.4) is 0 Å². The molecule has 1 saturated heterocycles. The summed E-state index contributed by atoms with van der Waals surface area (Å²) in [6.45, 7) is 2.70. The van der Waals surface area contributed by atoms with Crippen molar-refractivity contribution in [1.29, 1.82) is 0 Å². The van der Waals surface area contributed by atoms with E-state index in [2.05, 4.69) is 4.98 Å². The molecule has 1 aliphatic heterocycles. The van der Waals surface area contributed by atoms with E-state index in [1.165, 1.54) is 12.4 Å². The summed E-state index contributed by atoms with van der Waals surface area (Å²) in [5.41, 5.74) is -0.0982. The Balaban J connectivity index is 2.12. The Labute approximate surface area is 129 Å². The molecule has 0 unspecified atom stereocenters. The molecule has 5 nitrogen and oxygen atoms in total. The summed E-state index contributed by atoms with van der Waals surface area (Å²) in [5.74, 6) is -0.204. The molecule has 0 spiro atoms. The van der Waals surface area contributed by atoms with E-state index in [1.54, 1.807) is 11.0 Å². The Morgan fingerprint density at radius 2 is 2.38 bits per heavy atom. The smallest absolute Gasteiger partial charge is 0.255 e. The number of hydrogen-bond acceptors (Lipinski definition) is 4. The zero-order valence-corrected chi connectivity index (χ0v) is 12.9. The highest BCUT2D eigenvalue weighted by atomic mass is 35.5. The van der Waals surface area contributed by atoms with Crippen LogP contribution in [0.25, 0.3) is 0 Å². The fourth-order valence-corrected chi connectivity index (χ4v) is 3.17. The van der Waals surface area contributed by atoms with Gasteiger partial charge < -0.3 is 15.1 Å². The largest absolute Gasteiger partial charge is 0.396 e. The zero-order valence-electron chi connectivity index (χ0n) is 12.1. The number of pyridine rings is 1. The molecule has 1 fully saturated rings. The number of nitrogens with zero attached hydrogens (tertiary/aromatic N) is 2. The average molecular weight is 313 g/mol. The number of hydrogen-bond donors (Lipinski definition) is 2. The second kappa shape index (κ2) is 6.73. The standard InChI is InChI=1S/C15H21ClN2O3/c1-2-4-15(10-19)5-7-18(9-13(15)20)14(21)11-3-6-17-8-12(11)16/h3,6,8,13,19-20H,2,4-5,7,9-10H2,1H3/t13-,15-/m1/s1. The minimum Gasteiger partial charge on any atom is -0.396 e. The van der Waals surface area contributed by atoms with Gasteiger partial charge in [-0.1, -0.05) is 24.9 Å². The van der Waals surface area contributed by atoms with Gasteiger partial charge in [0.2, 0.25) is 0 Å². The molecule has 1 aliphatic rings. The summed E-state index contributed by atoms with van der Waals surface area (Å²) in [6, 6.07) is 1.58. The third-order valence-electron chi connectivity index (χ3n) is 4.33. The van der Waals surface area contributed by atoms with Gasteiger partial charge in [-0.2, -0.15) is 0 Å². The van der Waals surface area contributed by atoms with Crippen LogP contribution in [0.1, 0.15) is 36.5 Å². The van der Waals surface area contributed by atoms with Crippen LogP contribution in [0.5, 0.6) is 0 Å². The van der Waals surface area contributed by atoms with Crippen molar-refractivity contribution in [2.75, 3.05) is 19.7 Å². The lowest BCUT2D eigenvalue weighted by molar-refractivity contribution is -0.0713. The topological polar surface area (TPSA) is 73.7 Å². The Morgan fingerprint density at radius 1 is 1.62 bits per heavy atom. The monoisotopic (exact) mass is 312 g/mol. The number of aliphatic hydroxyl groups is 2. The number of rotatable bonds is 4. The molecule has 21 heavy (non-hydrogen) atoms. The highest BCUT2D eigenvalue weighted by Crippen LogP contribution is 2.36. The molecule has 2 atom stereocenters. The first-order chi connectivity index (χ1) is 10.0. The molecular weight excluding hydrogens is 292 g/mol. The highest BCUT2D eigenvalue weighted by Gasteiger charge is 2.42. The molecule has 6 heteroatoms. The molecule has 116 valence electrons. The van der Waals surface area contributed by atoms with Crippen LogP contribution in [0.4, 0.5) is 0 Å². The Morgan fingerprint density at radius 3 is 2.95 bits per heavy atom. The van der Waals surface area contributed by atoms with Crippen molar-refractivity contribution in [1.82, 2.24) is 9.88 Å². The Kier molecular flexibility index (Phi) is 5.19. The van der Waals surface area contributed by atoms with E-state index in [-0.39, 0.29) is 19.1 Å². The lowest BCUT2D eigenvalue weighted by atomic mass is 9.73. The summed E-state index contributed by atoms with van der Waals surface area (Å²) in [7, 11) is 0. The van der Waals surface area contributed by atoms with Crippen molar-refractivity contribution in [3.63, 3.8) is 0 Å². The van der Waals surface area contributed by atoms with Gasteiger partial charge in [-0.25, -0.2) is 0 Å². The summed E-state index contributed by atoms with van der Waals surface area (Å²) >= 11 is 6.00. The third-order valence-corrected chi connectivity index (χ3v) is 4.63. The van der Waals surface area contributed by atoms with E-state index < -0.39 is 11.5 Å². The predicted molar refractivity (Wildman–Crippen MR) is 80.2 cm³/mol. The minimum atomic E-state index is -0.722. The van der Waals surface area contributed by atoms with E-state index in [9.17, 15) is 15.0 Å². The molecule has 1 aromatic rings. The van der Waals surface area contributed by atoms with Crippen molar-refractivity contribution in [3.05, 3.63) is 29.0 Å². The molecule has 2 rings (SSSR count). The quantitative estimate of drug-likeness (QED) is 0.888. The molecule has 2 heterocycles. The molecule has 0 bridgehead atoms. The molecule has 0 aromatic carbocycles. The number of amides is 1. The van der Waals surface area contributed by atoms with Gasteiger partial charge in [0.05, 0.1) is 23.3 Å². The van der Waals surface area contributed by atoms with Crippen LogP contribution in [-0.4, -0.2) is 51.8 Å². The molecule has 0 saturated carbocycles. The lowest BCUT2D eigenvalue weighted by Gasteiger charge is -2.44. The van der Waals surface area contributed by atoms with Crippen molar-refractivity contribution in [2.24, 2.45) is 5.41 Å². The fraction of sp³-hybridized carbons (Fsp3) is 0.600. The maximum absolute atomic E-state index is 12.5. The number of aromatic nitrogens is 1. The summed E-state index contributed by atoms with van der Waals surface area (Å²) in [4.78, 5) is 17.9. The molecule has 1 aromatic heterocycles. The number of carbonyl (C=O) groups is 1. The second-order valence-corrected chi connectivity index (χ2v) is 6.05. The lowest BCUT2D eigenvalue weighted by Crippen LogP contribution is -2.54. The van der Waals surface area contributed by atoms with Crippen LogP contribution in [-0.2, 0) is 0 Å². The summed E-state index contributed by atoms with van der Waals surface area (Å²) in [6.07, 6.45) is 4.47. The molecule has 2 N–H and O–H groups in total. The second-order valence-electron chi connectivity index (χ2n) is 5.64.